The van der Waals surface area contributed by atoms with Crippen LogP contribution in [0.4, 0.5) is 8.78 Å². The number of methoxy groups -OCH3 is 2. The van der Waals surface area contributed by atoms with Crippen molar-refractivity contribution in [3.05, 3.63) is 17.7 Å². The summed E-state index contributed by atoms with van der Waals surface area (Å²) in [5, 5.41) is 3.13. The normalized spacial score (nSPS) is 17.5. The number of nitrogens with zero attached hydrogens (tertiary/aromatic N) is 1. The van der Waals surface area contributed by atoms with E-state index in [0.717, 1.165) is 19.4 Å². The Kier molecular flexibility index (Phi) is 6.81. The standard InChI is InChI=1S/C17H24F2N2O4/c1-20-9-11-5-4-6-21(10-11)16(22)12-7-13(23-2)15(25-17(18)19)14(8-12)24-3/h7-8,11,17,20H,4-6,9-10H2,1-3H3. The number of carbonyl (C=O) groups excluding carboxylic acids is 1. The Hall–Kier alpha value is -2.09. The van der Waals surface area contributed by atoms with E-state index in [2.05, 4.69) is 10.1 Å². The van der Waals surface area contributed by atoms with E-state index in [-0.39, 0.29) is 23.2 Å². The summed E-state index contributed by atoms with van der Waals surface area (Å²) < 4.78 is 39.9. The monoisotopic (exact) mass is 358 g/mol. The summed E-state index contributed by atoms with van der Waals surface area (Å²) >= 11 is 0. The first-order chi connectivity index (χ1) is 12.0. The average Bonchev–Trinajstić information content (AvgIpc) is 2.61. The third kappa shape index (κ3) is 4.72. The summed E-state index contributed by atoms with van der Waals surface area (Å²) in [6.45, 7) is -0.857. The third-order valence-electron chi connectivity index (χ3n) is 4.21. The molecular formula is C17H24F2N2O4. The van der Waals surface area contributed by atoms with Gasteiger partial charge >= 0.3 is 6.61 Å². The Morgan fingerprint density at radius 2 is 1.96 bits per heavy atom. The van der Waals surface area contributed by atoms with E-state index in [0.29, 0.717) is 24.6 Å². The van der Waals surface area contributed by atoms with E-state index in [9.17, 15) is 13.6 Å². The minimum Gasteiger partial charge on any atom is -0.493 e. The number of hydrogen-bond acceptors (Lipinski definition) is 5. The van der Waals surface area contributed by atoms with Crippen molar-refractivity contribution in [3.8, 4) is 17.2 Å². The fourth-order valence-electron chi connectivity index (χ4n) is 3.10. The number of piperidine rings is 1. The molecule has 1 amide bonds. The lowest BCUT2D eigenvalue weighted by Crippen LogP contribution is -2.42. The van der Waals surface area contributed by atoms with Crippen LogP contribution in [0, 0.1) is 5.92 Å². The Labute approximate surface area is 146 Å². The fraction of sp³-hybridized carbons (Fsp3) is 0.588. The van der Waals surface area contributed by atoms with Gasteiger partial charge in [0.05, 0.1) is 14.2 Å². The second-order valence-electron chi connectivity index (χ2n) is 5.91. The molecule has 0 radical (unpaired) electrons. The zero-order chi connectivity index (χ0) is 18.4. The molecule has 1 heterocycles. The van der Waals surface area contributed by atoms with Crippen molar-refractivity contribution in [1.82, 2.24) is 10.2 Å². The van der Waals surface area contributed by atoms with Gasteiger partial charge in [-0.25, -0.2) is 0 Å². The van der Waals surface area contributed by atoms with E-state index in [1.54, 1.807) is 4.90 Å². The van der Waals surface area contributed by atoms with Crippen LogP contribution in [0.2, 0.25) is 0 Å². The molecule has 0 aromatic heterocycles. The van der Waals surface area contributed by atoms with Crippen LogP contribution < -0.4 is 19.5 Å². The van der Waals surface area contributed by atoms with E-state index in [1.165, 1.54) is 26.4 Å². The van der Waals surface area contributed by atoms with Crippen LogP contribution in [0.5, 0.6) is 17.2 Å². The number of ether oxygens (including phenoxy) is 3. The van der Waals surface area contributed by atoms with Crippen LogP contribution in [-0.2, 0) is 0 Å². The Balaban J connectivity index is 2.27. The van der Waals surface area contributed by atoms with Gasteiger partial charge < -0.3 is 24.4 Å². The number of likely N-dealkylation sites (tertiary alicyclic amines) is 1. The van der Waals surface area contributed by atoms with Crippen molar-refractivity contribution in [3.63, 3.8) is 0 Å². The molecule has 1 fully saturated rings. The van der Waals surface area contributed by atoms with Crippen LogP contribution in [0.15, 0.2) is 12.1 Å². The molecule has 1 atom stereocenters. The molecule has 1 aliphatic heterocycles. The van der Waals surface area contributed by atoms with Gasteiger partial charge in [0.15, 0.2) is 11.5 Å². The van der Waals surface area contributed by atoms with Crippen molar-refractivity contribution in [2.24, 2.45) is 5.92 Å². The Morgan fingerprint density at radius 3 is 2.48 bits per heavy atom. The molecular weight excluding hydrogens is 334 g/mol. The molecule has 0 spiro atoms. The molecule has 8 heteroatoms. The van der Waals surface area contributed by atoms with Gasteiger partial charge in [-0.2, -0.15) is 8.78 Å². The van der Waals surface area contributed by atoms with E-state index in [4.69, 9.17) is 9.47 Å². The summed E-state index contributed by atoms with van der Waals surface area (Å²) in [5.41, 5.74) is 0.320. The Bertz CT molecular complexity index is 571. The maximum Gasteiger partial charge on any atom is 0.387 e. The molecule has 1 aromatic rings. The smallest absolute Gasteiger partial charge is 0.387 e. The molecule has 1 aromatic carbocycles. The quantitative estimate of drug-likeness (QED) is 0.811. The largest absolute Gasteiger partial charge is 0.493 e. The summed E-state index contributed by atoms with van der Waals surface area (Å²) in [7, 11) is 4.54. The number of halogens is 2. The van der Waals surface area contributed by atoms with Crippen molar-refractivity contribution in [2.75, 3.05) is 40.9 Å². The topological polar surface area (TPSA) is 60.0 Å². The summed E-state index contributed by atoms with van der Waals surface area (Å²) in [6, 6.07) is 2.81. The predicted octanol–water partition coefficient (Wildman–Crippen LogP) is 2.38. The van der Waals surface area contributed by atoms with Crippen molar-refractivity contribution in [1.29, 1.82) is 0 Å². The molecule has 140 valence electrons. The maximum atomic E-state index is 12.8. The zero-order valence-electron chi connectivity index (χ0n) is 14.7. The van der Waals surface area contributed by atoms with Crippen LogP contribution >= 0.6 is 0 Å². The number of rotatable bonds is 7. The van der Waals surface area contributed by atoms with E-state index < -0.39 is 6.61 Å². The first-order valence-corrected chi connectivity index (χ1v) is 8.14. The second-order valence-corrected chi connectivity index (χ2v) is 5.91. The van der Waals surface area contributed by atoms with Crippen LogP contribution in [0.25, 0.3) is 0 Å². The number of alkyl halides is 2. The van der Waals surface area contributed by atoms with Gasteiger partial charge in [0.25, 0.3) is 5.91 Å². The molecule has 1 aliphatic rings. The first kappa shape index (κ1) is 19.2. The first-order valence-electron chi connectivity index (χ1n) is 8.14. The van der Waals surface area contributed by atoms with Gasteiger partial charge in [-0.05, 0) is 44.5 Å². The zero-order valence-corrected chi connectivity index (χ0v) is 14.7. The highest BCUT2D eigenvalue weighted by Gasteiger charge is 2.27. The lowest BCUT2D eigenvalue weighted by molar-refractivity contribution is -0.0526. The van der Waals surface area contributed by atoms with E-state index in [1.807, 2.05) is 7.05 Å². The molecule has 0 saturated carbocycles. The molecule has 1 saturated heterocycles. The van der Waals surface area contributed by atoms with Gasteiger partial charge in [-0.1, -0.05) is 0 Å². The predicted molar refractivity (Wildman–Crippen MR) is 88.7 cm³/mol. The third-order valence-corrected chi connectivity index (χ3v) is 4.21. The molecule has 1 N–H and O–H groups in total. The van der Waals surface area contributed by atoms with E-state index >= 15 is 0 Å². The summed E-state index contributed by atoms with van der Waals surface area (Å²) in [6.07, 6.45) is 2.00. The van der Waals surface area contributed by atoms with Crippen LogP contribution in [-0.4, -0.2) is 58.3 Å². The van der Waals surface area contributed by atoms with Crippen molar-refractivity contribution >= 4 is 5.91 Å². The molecule has 1 unspecified atom stereocenters. The molecule has 0 aliphatic carbocycles. The van der Waals surface area contributed by atoms with Crippen molar-refractivity contribution < 1.29 is 27.8 Å². The van der Waals surface area contributed by atoms with Crippen LogP contribution in [0.1, 0.15) is 23.2 Å². The highest BCUT2D eigenvalue weighted by molar-refractivity contribution is 5.95. The minimum absolute atomic E-state index is 0.0341. The number of benzene rings is 1. The van der Waals surface area contributed by atoms with Gasteiger partial charge in [0, 0.05) is 18.7 Å². The number of carbonyl (C=O) groups is 1. The summed E-state index contributed by atoms with van der Waals surface area (Å²) in [5.74, 6) is 0.0655. The van der Waals surface area contributed by atoms with Gasteiger partial charge in [0.1, 0.15) is 0 Å². The van der Waals surface area contributed by atoms with Gasteiger partial charge in [-0.3, -0.25) is 4.79 Å². The fourth-order valence-corrected chi connectivity index (χ4v) is 3.10. The highest BCUT2D eigenvalue weighted by Crippen LogP contribution is 2.40. The summed E-state index contributed by atoms with van der Waals surface area (Å²) in [4.78, 5) is 14.6. The lowest BCUT2D eigenvalue weighted by Gasteiger charge is -2.33. The van der Waals surface area contributed by atoms with Crippen LogP contribution in [0.3, 0.4) is 0 Å². The number of amides is 1. The maximum absolute atomic E-state index is 12.8. The van der Waals surface area contributed by atoms with Gasteiger partial charge in [0.2, 0.25) is 5.75 Å². The Morgan fingerprint density at radius 1 is 1.32 bits per heavy atom. The van der Waals surface area contributed by atoms with Gasteiger partial charge in [-0.15, -0.1) is 0 Å². The number of hydrogen-bond donors (Lipinski definition) is 1. The second kappa shape index (κ2) is 8.84. The SMILES string of the molecule is CNCC1CCCN(C(=O)c2cc(OC)c(OC(F)F)c(OC)c2)C1. The molecule has 25 heavy (non-hydrogen) atoms. The molecule has 6 nitrogen and oxygen atoms in total. The molecule has 0 bridgehead atoms. The van der Waals surface area contributed by atoms with Crippen molar-refractivity contribution in [2.45, 2.75) is 19.5 Å². The number of nitrogens with one attached hydrogen (secondary N) is 1. The molecule has 2 rings (SSSR count). The highest BCUT2D eigenvalue weighted by atomic mass is 19.3. The minimum atomic E-state index is -3.02. The lowest BCUT2D eigenvalue weighted by atomic mass is 9.97. The average molecular weight is 358 g/mol.